The van der Waals surface area contributed by atoms with Crippen LogP contribution in [-0.4, -0.2) is 37.4 Å². The summed E-state index contributed by atoms with van der Waals surface area (Å²) in [6, 6.07) is 5.34. The van der Waals surface area contributed by atoms with Crippen LogP contribution in [0.2, 0.25) is 0 Å². The van der Waals surface area contributed by atoms with Crippen LogP contribution in [0.15, 0.2) is 18.2 Å². The first-order valence-electron chi connectivity index (χ1n) is 6.08. The second kappa shape index (κ2) is 7.57. The van der Waals surface area contributed by atoms with Gasteiger partial charge in [-0.1, -0.05) is 11.8 Å². The lowest BCUT2D eigenvalue weighted by Gasteiger charge is -2.13. The number of benzene rings is 1. The molecule has 19 heavy (non-hydrogen) atoms. The molecule has 0 heterocycles. The van der Waals surface area contributed by atoms with Crippen LogP contribution in [0.3, 0.4) is 0 Å². The third-order valence-electron chi connectivity index (χ3n) is 2.45. The highest BCUT2D eigenvalue weighted by Gasteiger charge is 2.10. The zero-order chi connectivity index (χ0) is 14.3. The Morgan fingerprint density at radius 1 is 1.47 bits per heavy atom. The van der Waals surface area contributed by atoms with Gasteiger partial charge in [0.1, 0.15) is 6.61 Å². The van der Waals surface area contributed by atoms with Crippen molar-refractivity contribution in [1.82, 2.24) is 5.32 Å². The minimum absolute atomic E-state index is 0.0509. The lowest BCUT2D eigenvalue weighted by molar-refractivity contribution is 0.0905. The Balaban J connectivity index is 2.87. The number of aliphatic hydroxyl groups is 1. The molecule has 1 rings (SSSR count). The Labute approximate surface area is 113 Å². The topological polar surface area (TPSA) is 58.6 Å². The van der Waals surface area contributed by atoms with Gasteiger partial charge in [-0.2, -0.15) is 0 Å². The number of amides is 1. The molecule has 0 spiro atoms. The van der Waals surface area contributed by atoms with Gasteiger partial charge in [-0.05, 0) is 37.6 Å². The first-order valence-corrected chi connectivity index (χ1v) is 6.08. The molecule has 4 heteroatoms. The minimum Gasteiger partial charge on any atom is -0.384 e. The van der Waals surface area contributed by atoms with Crippen LogP contribution < -0.4 is 5.32 Å². The molecule has 0 bridgehead atoms. The van der Waals surface area contributed by atoms with Crippen molar-refractivity contribution in [2.75, 3.05) is 20.3 Å². The molecule has 0 aromatic heterocycles. The molecule has 1 unspecified atom stereocenters. The Hall–Kier alpha value is -1.83. The van der Waals surface area contributed by atoms with E-state index in [1.807, 2.05) is 19.9 Å². The van der Waals surface area contributed by atoms with E-state index in [1.165, 1.54) is 0 Å². The zero-order valence-electron chi connectivity index (χ0n) is 11.5. The van der Waals surface area contributed by atoms with E-state index >= 15 is 0 Å². The summed E-state index contributed by atoms with van der Waals surface area (Å²) in [4.78, 5) is 12.0. The molecule has 0 saturated heterocycles. The van der Waals surface area contributed by atoms with Crippen LogP contribution in [0.1, 0.15) is 28.4 Å². The number of carbonyl (C=O) groups excluding carboxylic acids is 1. The van der Waals surface area contributed by atoms with Gasteiger partial charge in [0.25, 0.3) is 5.91 Å². The van der Waals surface area contributed by atoms with Crippen molar-refractivity contribution in [3.05, 3.63) is 34.9 Å². The van der Waals surface area contributed by atoms with Gasteiger partial charge >= 0.3 is 0 Å². The molecule has 2 N–H and O–H groups in total. The summed E-state index contributed by atoms with van der Waals surface area (Å²) >= 11 is 0. The minimum atomic E-state index is -0.194. The van der Waals surface area contributed by atoms with E-state index in [9.17, 15) is 4.79 Å². The number of nitrogens with one attached hydrogen (secondary N) is 1. The fourth-order valence-electron chi connectivity index (χ4n) is 1.73. The fraction of sp³-hybridized carbons (Fsp3) is 0.400. The van der Waals surface area contributed by atoms with E-state index in [1.54, 1.807) is 19.2 Å². The predicted molar refractivity (Wildman–Crippen MR) is 73.9 cm³/mol. The van der Waals surface area contributed by atoms with E-state index in [0.717, 1.165) is 11.1 Å². The van der Waals surface area contributed by atoms with E-state index in [4.69, 9.17) is 9.84 Å². The maximum atomic E-state index is 12.0. The standard InChI is InChI=1S/C15H19NO3/c1-11-7-13(5-4-6-17)9-14(8-11)15(18)16-12(2)10-19-3/h7-9,12,17H,6,10H2,1-3H3,(H,16,18). The number of aliphatic hydroxyl groups excluding tert-OH is 1. The summed E-state index contributed by atoms with van der Waals surface area (Å²) in [5, 5.41) is 11.5. The largest absolute Gasteiger partial charge is 0.384 e. The maximum absolute atomic E-state index is 12.0. The third kappa shape index (κ3) is 5.12. The average molecular weight is 261 g/mol. The van der Waals surface area contributed by atoms with Gasteiger partial charge in [-0.3, -0.25) is 4.79 Å². The monoisotopic (exact) mass is 261 g/mol. The molecule has 0 radical (unpaired) electrons. The molecule has 0 aliphatic carbocycles. The molecule has 1 aromatic carbocycles. The molecule has 0 saturated carbocycles. The molecule has 1 aromatic rings. The molecule has 102 valence electrons. The van der Waals surface area contributed by atoms with Gasteiger partial charge in [-0.25, -0.2) is 0 Å². The van der Waals surface area contributed by atoms with E-state index < -0.39 is 0 Å². The molecule has 1 amide bonds. The van der Waals surface area contributed by atoms with Crippen molar-refractivity contribution < 1.29 is 14.6 Å². The van der Waals surface area contributed by atoms with Crippen LogP contribution in [0.25, 0.3) is 0 Å². The van der Waals surface area contributed by atoms with Crippen molar-refractivity contribution in [2.24, 2.45) is 0 Å². The highest BCUT2D eigenvalue weighted by atomic mass is 16.5. The Morgan fingerprint density at radius 3 is 2.84 bits per heavy atom. The second-order valence-electron chi connectivity index (χ2n) is 4.38. The number of ether oxygens (including phenoxy) is 1. The zero-order valence-corrected chi connectivity index (χ0v) is 11.5. The number of carbonyl (C=O) groups is 1. The Bertz CT molecular complexity index is 500. The lowest BCUT2D eigenvalue weighted by Crippen LogP contribution is -2.35. The number of hydrogen-bond donors (Lipinski definition) is 2. The first-order chi connectivity index (χ1) is 9.06. The second-order valence-corrected chi connectivity index (χ2v) is 4.38. The molecular weight excluding hydrogens is 242 g/mol. The first kappa shape index (κ1) is 15.2. The van der Waals surface area contributed by atoms with Crippen LogP contribution in [-0.2, 0) is 4.74 Å². The van der Waals surface area contributed by atoms with Gasteiger partial charge in [-0.15, -0.1) is 0 Å². The third-order valence-corrected chi connectivity index (χ3v) is 2.45. The summed E-state index contributed by atoms with van der Waals surface area (Å²) < 4.78 is 4.98. The molecular formula is C15H19NO3. The van der Waals surface area contributed by atoms with Crippen LogP contribution >= 0.6 is 0 Å². The molecule has 4 nitrogen and oxygen atoms in total. The van der Waals surface area contributed by atoms with Crippen molar-refractivity contribution in [2.45, 2.75) is 19.9 Å². The summed E-state index contributed by atoms with van der Waals surface area (Å²) in [6.45, 7) is 4.05. The number of hydrogen-bond acceptors (Lipinski definition) is 3. The normalized spacial score (nSPS) is 11.4. The van der Waals surface area contributed by atoms with Crippen LogP contribution in [0, 0.1) is 18.8 Å². The van der Waals surface area contributed by atoms with Crippen LogP contribution in [0.4, 0.5) is 0 Å². The van der Waals surface area contributed by atoms with Crippen molar-refractivity contribution in [3.8, 4) is 11.8 Å². The smallest absolute Gasteiger partial charge is 0.251 e. The van der Waals surface area contributed by atoms with Gasteiger partial charge in [0.05, 0.1) is 6.61 Å². The predicted octanol–water partition coefficient (Wildman–Crippen LogP) is 1.10. The SMILES string of the molecule is COCC(C)NC(=O)c1cc(C)cc(C#CCO)c1. The Kier molecular flexibility index (Phi) is 6.07. The molecule has 1 atom stereocenters. The van der Waals surface area contributed by atoms with Crippen molar-refractivity contribution >= 4 is 5.91 Å². The van der Waals surface area contributed by atoms with Crippen molar-refractivity contribution in [3.63, 3.8) is 0 Å². The number of methoxy groups -OCH3 is 1. The number of aryl methyl sites for hydroxylation is 1. The average Bonchev–Trinajstić information content (AvgIpc) is 2.36. The maximum Gasteiger partial charge on any atom is 0.251 e. The molecule has 0 aliphatic rings. The van der Waals surface area contributed by atoms with Crippen LogP contribution in [0.5, 0.6) is 0 Å². The van der Waals surface area contributed by atoms with E-state index in [2.05, 4.69) is 17.2 Å². The van der Waals surface area contributed by atoms with E-state index in [0.29, 0.717) is 12.2 Å². The number of rotatable bonds is 4. The summed E-state index contributed by atoms with van der Waals surface area (Å²) in [5.74, 6) is 5.22. The van der Waals surface area contributed by atoms with Crippen molar-refractivity contribution in [1.29, 1.82) is 0 Å². The highest BCUT2D eigenvalue weighted by Crippen LogP contribution is 2.09. The summed E-state index contributed by atoms with van der Waals surface area (Å²) in [6.07, 6.45) is 0. The summed E-state index contributed by atoms with van der Waals surface area (Å²) in [7, 11) is 1.60. The van der Waals surface area contributed by atoms with Gasteiger partial charge in [0.2, 0.25) is 0 Å². The van der Waals surface area contributed by atoms with Gasteiger partial charge in [0, 0.05) is 24.3 Å². The Morgan fingerprint density at radius 2 is 2.21 bits per heavy atom. The van der Waals surface area contributed by atoms with E-state index in [-0.39, 0.29) is 18.6 Å². The van der Waals surface area contributed by atoms with Gasteiger partial charge in [0.15, 0.2) is 0 Å². The summed E-state index contributed by atoms with van der Waals surface area (Å²) in [5.41, 5.74) is 2.23. The quantitative estimate of drug-likeness (QED) is 0.798. The fourth-order valence-corrected chi connectivity index (χ4v) is 1.73. The highest BCUT2D eigenvalue weighted by molar-refractivity contribution is 5.95. The molecule has 0 fully saturated rings. The van der Waals surface area contributed by atoms with Gasteiger partial charge < -0.3 is 15.2 Å². The lowest BCUT2D eigenvalue weighted by atomic mass is 10.1. The molecule has 0 aliphatic heterocycles.